The maximum absolute atomic E-state index is 11.6. The molecule has 0 aliphatic carbocycles. The highest BCUT2D eigenvalue weighted by Crippen LogP contribution is 2.01. The van der Waals surface area contributed by atoms with Crippen LogP contribution in [0.15, 0.2) is 6.20 Å². The van der Waals surface area contributed by atoms with E-state index in [1.807, 2.05) is 13.8 Å². The van der Waals surface area contributed by atoms with Crippen LogP contribution in [0.4, 0.5) is 4.79 Å². The minimum atomic E-state index is -0.923. The van der Waals surface area contributed by atoms with E-state index in [4.69, 9.17) is 5.11 Å². The third-order valence-electron chi connectivity index (χ3n) is 2.62. The fourth-order valence-electron chi connectivity index (χ4n) is 1.47. The number of aliphatic carboxylic acids is 1. The first-order valence-electron chi connectivity index (χ1n) is 5.78. The Morgan fingerprint density at radius 1 is 1.56 bits per heavy atom. The fourth-order valence-corrected chi connectivity index (χ4v) is 1.47. The van der Waals surface area contributed by atoms with Crippen LogP contribution in [0.2, 0.25) is 0 Å². The minimum Gasteiger partial charge on any atom is -0.481 e. The molecule has 1 heterocycles. The van der Waals surface area contributed by atoms with E-state index >= 15 is 0 Å². The highest BCUT2D eigenvalue weighted by Gasteiger charge is 2.13. The predicted octanol–water partition coefficient (Wildman–Crippen LogP) is 0.771. The molecule has 0 fully saturated rings. The third kappa shape index (κ3) is 4.44. The molecule has 0 spiro atoms. The van der Waals surface area contributed by atoms with Gasteiger partial charge in [0.1, 0.15) is 0 Å². The van der Waals surface area contributed by atoms with Gasteiger partial charge in [0, 0.05) is 23.8 Å². The number of rotatable bonds is 6. The molecule has 0 saturated heterocycles. The number of aromatic amines is 1. The average molecular weight is 254 g/mol. The van der Waals surface area contributed by atoms with Crippen LogP contribution in [0.5, 0.6) is 0 Å². The van der Waals surface area contributed by atoms with E-state index in [0.29, 0.717) is 13.0 Å². The highest BCUT2D eigenvalue weighted by molar-refractivity contribution is 5.75. The van der Waals surface area contributed by atoms with Crippen LogP contribution < -0.4 is 10.6 Å². The SMILES string of the molecule is CCC(CC(=O)O)NC(=O)NCc1cn[nH]c1C. The first-order valence-corrected chi connectivity index (χ1v) is 5.78. The second-order valence-corrected chi connectivity index (χ2v) is 4.05. The summed E-state index contributed by atoms with van der Waals surface area (Å²) in [4.78, 5) is 22.1. The van der Waals surface area contributed by atoms with Crippen molar-refractivity contribution in [3.05, 3.63) is 17.5 Å². The van der Waals surface area contributed by atoms with E-state index < -0.39 is 5.97 Å². The molecule has 1 aromatic heterocycles. The van der Waals surface area contributed by atoms with Crippen LogP contribution in [0.3, 0.4) is 0 Å². The van der Waals surface area contributed by atoms with Crippen molar-refractivity contribution in [2.75, 3.05) is 0 Å². The second-order valence-electron chi connectivity index (χ2n) is 4.05. The molecule has 1 aromatic rings. The number of nitrogens with one attached hydrogen (secondary N) is 3. The summed E-state index contributed by atoms with van der Waals surface area (Å²) in [6, 6.07) is -0.725. The molecular weight excluding hydrogens is 236 g/mol. The molecule has 0 saturated carbocycles. The Morgan fingerprint density at radius 3 is 2.78 bits per heavy atom. The monoisotopic (exact) mass is 254 g/mol. The number of hydrogen-bond acceptors (Lipinski definition) is 3. The van der Waals surface area contributed by atoms with Crippen molar-refractivity contribution < 1.29 is 14.7 Å². The lowest BCUT2D eigenvalue weighted by atomic mass is 10.1. The lowest BCUT2D eigenvalue weighted by molar-refractivity contribution is -0.137. The van der Waals surface area contributed by atoms with Crippen LogP contribution in [-0.4, -0.2) is 33.3 Å². The van der Waals surface area contributed by atoms with E-state index in [2.05, 4.69) is 20.8 Å². The van der Waals surface area contributed by atoms with E-state index in [1.165, 1.54) is 0 Å². The number of aromatic nitrogens is 2. The van der Waals surface area contributed by atoms with Crippen molar-refractivity contribution in [1.29, 1.82) is 0 Å². The number of carbonyl (C=O) groups is 2. The topological polar surface area (TPSA) is 107 Å². The fraction of sp³-hybridized carbons (Fsp3) is 0.545. The van der Waals surface area contributed by atoms with E-state index in [0.717, 1.165) is 11.3 Å². The summed E-state index contributed by atoms with van der Waals surface area (Å²) in [5, 5.41) is 20.6. The van der Waals surface area contributed by atoms with Gasteiger partial charge in [-0.1, -0.05) is 6.92 Å². The number of amides is 2. The molecule has 1 atom stereocenters. The molecule has 0 aliphatic rings. The molecule has 0 radical (unpaired) electrons. The normalized spacial score (nSPS) is 11.9. The summed E-state index contributed by atoms with van der Waals surface area (Å²) in [6.07, 6.45) is 2.14. The molecule has 1 rings (SSSR count). The molecule has 18 heavy (non-hydrogen) atoms. The van der Waals surface area contributed by atoms with Gasteiger partial charge in [-0.3, -0.25) is 9.89 Å². The number of nitrogens with zero attached hydrogens (tertiary/aromatic N) is 1. The number of urea groups is 1. The summed E-state index contributed by atoms with van der Waals surface area (Å²) >= 11 is 0. The highest BCUT2D eigenvalue weighted by atomic mass is 16.4. The Hall–Kier alpha value is -2.05. The van der Waals surface area contributed by atoms with E-state index in [1.54, 1.807) is 6.20 Å². The van der Waals surface area contributed by atoms with Crippen molar-refractivity contribution >= 4 is 12.0 Å². The lowest BCUT2D eigenvalue weighted by Crippen LogP contribution is -2.42. The van der Waals surface area contributed by atoms with Crippen LogP contribution in [0.1, 0.15) is 31.0 Å². The Bertz CT molecular complexity index is 416. The van der Waals surface area contributed by atoms with Crippen molar-refractivity contribution in [3.8, 4) is 0 Å². The molecule has 1 unspecified atom stereocenters. The third-order valence-corrected chi connectivity index (χ3v) is 2.62. The van der Waals surface area contributed by atoms with Gasteiger partial charge in [0.05, 0.1) is 12.6 Å². The van der Waals surface area contributed by atoms with Gasteiger partial charge in [-0.25, -0.2) is 4.79 Å². The largest absolute Gasteiger partial charge is 0.481 e. The minimum absolute atomic E-state index is 0.0747. The number of carboxylic acids is 1. The molecule has 4 N–H and O–H groups in total. The zero-order chi connectivity index (χ0) is 13.5. The standard InChI is InChI=1S/C11H18N4O3/c1-3-9(4-10(16)17)14-11(18)12-5-8-6-13-15-7(8)2/h6,9H,3-5H2,1-2H3,(H,13,15)(H,16,17)(H2,12,14,18). The quantitative estimate of drug-likeness (QED) is 0.601. The van der Waals surface area contributed by atoms with Gasteiger partial charge in [0.2, 0.25) is 0 Å². The zero-order valence-electron chi connectivity index (χ0n) is 10.5. The second kappa shape index (κ2) is 6.63. The zero-order valence-corrected chi connectivity index (χ0v) is 10.5. The Kier molecular flexibility index (Phi) is 5.16. The smallest absolute Gasteiger partial charge is 0.315 e. The van der Waals surface area contributed by atoms with Gasteiger partial charge in [-0.05, 0) is 13.3 Å². The van der Waals surface area contributed by atoms with Crippen molar-refractivity contribution in [2.45, 2.75) is 39.3 Å². The van der Waals surface area contributed by atoms with Crippen LogP contribution in [-0.2, 0) is 11.3 Å². The molecule has 0 aromatic carbocycles. The number of carboxylic acid groups (broad SMARTS) is 1. The summed E-state index contributed by atoms with van der Waals surface area (Å²) < 4.78 is 0. The lowest BCUT2D eigenvalue weighted by Gasteiger charge is -2.15. The van der Waals surface area contributed by atoms with Gasteiger partial charge in [-0.15, -0.1) is 0 Å². The first kappa shape index (κ1) is 14.0. The predicted molar refractivity (Wildman–Crippen MR) is 65.0 cm³/mol. The number of carbonyl (C=O) groups excluding carboxylic acids is 1. The van der Waals surface area contributed by atoms with Gasteiger partial charge in [0.25, 0.3) is 0 Å². The molecule has 2 amide bonds. The molecule has 7 nitrogen and oxygen atoms in total. The van der Waals surface area contributed by atoms with Crippen LogP contribution in [0, 0.1) is 6.92 Å². The summed E-state index contributed by atoms with van der Waals surface area (Å²) in [7, 11) is 0. The summed E-state index contributed by atoms with van der Waals surface area (Å²) in [6.45, 7) is 4.05. The van der Waals surface area contributed by atoms with E-state index in [-0.39, 0.29) is 18.5 Å². The molecule has 100 valence electrons. The van der Waals surface area contributed by atoms with Crippen molar-refractivity contribution in [1.82, 2.24) is 20.8 Å². The first-order chi connectivity index (χ1) is 8.52. The molecule has 0 bridgehead atoms. The Labute approximate surface area is 105 Å². The van der Waals surface area contributed by atoms with Gasteiger partial charge >= 0.3 is 12.0 Å². The van der Waals surface area contributed by atoms with Gasteiger partial charge < -0.3 is 15.7 Å². The molecule has 0 aliphatic heterocycles. The summed E-state index contributed by atoms with van der Waals surface area (Å²) in [5.41, 5.74) is 1.80. The number of H-pyrrole nitrogens is 1. The van der Waals surface area contributed by atoms with Gasteiger partial charge in [-0.2, -0.15) is 5.10 Å². The maximum Gasteiger partial charge on any atom is 0.315 e. The Morgan fingerprint density at radius 2 is 2.28 bits per heavy atom. The summed E-state index contributed by atoms with van der Waals surface area (Å²) in [5.74, 6) is -0.923. The van der Waals surface area contributed by atoms with Crippen LogP contribution in [0.25, 0.3) is 0 Å². The van der Waals surface area contributed by atoms with Crippen LogP contribution >= 0.6 is 0 Å². The number of aryl methyl sites for hydroxylation is 1. The molecular formula is C11H18N4O3. The Balaban J connectivity index is 2.37. The van der Waals surface area contributed by atoms with Gasteiger partial charge in [0.15, 0.2) is 0 Å². The van der Waals surface area contributed by atoms with Crippen molar-refractivity contribution in [2.24, 2.45) is 0 Å². The number of hydrogen-bond donors (Lipinski definition) is 4. The van der Waals surface area contributed by atoms with Crippen molar-refractivity contribution in [3.63, 3.8) is 0 Å². The maximum atomic E-state index is 11.6. The van der Waals surface area contributed by atoms with E-state index in [9.17, 15) is 9.59 Å². The molecule has 7 heteroatoms. The average Bonchev–Trinajstić information content (AvgIpc) is 2.70.